The topological polar surface area (TPSA) is 64.1 Å². The number of pyridine rings is 1. The summed E-state index contributed by atoms with van der Waals surface area (Å²) in [5, 5.41) is 4.46. The lowest BCUT2D eigenvalue weighted by Gasteiger charge is -2.09. The van der Waals surface area contributed by atoms with E-state index in [0.717, 1.165) is 5.56 Å². The van der Waals surface area contributed by atoms with Crippen LogP contribution in [0.15, 0.2) is 48.1 Å². The van der Waals surface area contributed by atoms with E-state index in [1.54, 1.807) is 36.0 Å². The fraction of sp³-hybridized carbons (Fsp3) is 0.0625. The third kappa shape index (κ3) is 3.35. The summed E-state index contributed by atoms with van der Waals surface area (Å²) < 4.78 is 22.9. The fourth-order valence-corrected chi connectivity index (χ4v) is 2.62. The highest BCUT2D eigenvalue weighted by Gasteiger charge is 2.13. The zero-order valence-electron chi connectivity index (χ0n) is 12.1. The zero-order valence-corrected chi connectivity index (χ0v) is 12.9. The summed E-state index contributed by atoms with van der Waals surface area (Å²) in [5.41, 5.74) is 1.99. The summed E-state index contributed by atoms with van der Waals surface area (Å²) in [5.74, 6) is -0.642. The minimum absolute atomic E-state index is 0.206. The molecule has 2 aromatic heterocycles. The minimum Gasteiger partial charge on any atom is -0.480 e. The highest BCUT2D eigenvalue weighted by molar-refractivity contribution is 7.03. The number of benzene rings is 1. The molecule has 3 aromatic rings. The molecular formula is C16H12FN3O2S. The third-order valence-corrected chi connectivity index (χ3v) is 3.72. The number of carbonyl (C=O) groups is 1. The molecule has 0 atom stereocenters. The molecule has 0 bridgehead atoms. The molecule has 5 nitrogen and oxygen atoms in total. The van der Waals surface area contributed by atoms with Crippen LogP contribution >= 0.6 is 11.5 Å². The smallest absolute Gasteiger partial charge is 0.255 e. The Kier molecular flexibility index (Phi) is 4.29. The van der Waals surface area contributed by atoms with Gasteiger partial charge in [0, 0.05) is 28.9 Å². The van der Waals surface area contributed by atoms with Crippen LogP contribution in [0.3, 0.4) is 0 Å². The molecule has 3 rings (SSSR count). The van der Waals surface area contributed by atoms with Crippen LogP contribution in [0.25, 0.3) is 11.1 Å². The Hall–Kier alpha value is -2.80. The molecule has 1 aromatic carbocycles. The molecule has 0 fully saturated rings. The number of amides is 1. The van der Waals surface area contributed by atoms with Crippen LogP contribution in [-0.2, 0) is 0 Å². The Bertz CT molecular complexity index is 837. The summed E-state index contributed by atoms with van der Waals surface area (Å²) in [6.07, 6.45) is 3.18. The van der Waals surface area contributed by atoms with Gasteiger partial charge in [0.25, 0.3) is 5.91 Å². The Labute approximate surface area is 135 Å². The van der Waals surface area contributed by atoms with E-state index in [1.165, 1.54) is 30.8 Å². The lowest BCUT2D eigenvalue weighted by molar-refractivity contribution is 0.102. The van der Waals surface area contributed by atoms with E-state index in [0.29, 0.717) is 17.1 Å². The van der Waals surface area contributed by atoms with Gasteiger partial charge in [-0.25, -0.2) is 13.7 Å². The van der Waals surface area contributed by atoms with E-state index in [9.17, 15) is 9.18 Å². The van der Waals surface area contributed by atoms with Crippen molar-refractivity contribution in [1.82, 2.24) is 9.36 Å². The van der Waals surface area contributed by atoms with Gasteiger partial charge in [-0.1, -0.05) is 0 Å². The van der Waals surface area contributed by atoms with Gasteiger partial charge in [-0.15, -0.1) is 0 Å². The summed E-state index contributed by atoms with van der Waals surface area (Å²) in [4.78, 5) is 16.4. The van der Waals surface area contributed by atoms with Crippen molar-refractivity contribution in [2.24, 2.45) is 0 Å². The number of rotatable bonds is 4. The van der Waals surface area contributed by atoms with E-state index in [-0.39, 0.29) is 5.56 Å². The van der Waals surface area contributed by atoms with Crippen molar-refractivity contribution in [3.05, 3.63) is 59.5 Å². The number of anilines is 1. The van der Waals surface area contributed by atoms with E-state index in [2.05, 4.69) is 14.7 Å². The van der Waals surface area contributed by atoms with Gasteiger partial charge < -0.3 is 10.1 Å². The number of nitrogens with one attached hydrogen (secondary N) is 1. The minimum atomic E-state index is -0.489. The molecule has 1 N–H and O–H groups in total. The van der Waals surface area contributed by atoms with Crippen LogP contribution in [0.5, 0.6) is 5.88 Å². The molecule has 0 saturated carbocycles. The first-order chi connectivity index (χ1) is 11.2. The van der Waals surface area contributed by atoms with Gasteiger partial charge in [0.2, 0.25) is 5.88 Å². The molecule has 0 radical (unpaired) electrons. The number of carbonyl (C=O) groups excluding carboxylic acids is 1. The number of ether oxygens (including phenoxy) is 1. The van der Waals surface area contributed by atoms with Crippen LogP contribution in [0, 0.1) is 5.82 Å². The van der Waals surface area contributed by atoms with Crippen LogP contribution in [-0.4, -0.2) is 22.4 Å². The number of methoxy groups -OCH3 is 1. The molecular weight excluding hydrogens is 317 g/mol. The molecule has 0 aliphatic rings. The lowest BCUT2D eigenvalue weighted by atomic mass is 10.1. The second-order valence-corrected chi connectivity index (χ2v) is 5.31. The third-order valence-electron chi connectivity index (χ3n) is 3.14. The number of nitrogens with zero attached hydrogens (tertiary/aromatic N) is 2. The molecule has 0 unspecified atom stereocenters. The average molecular weight is 329 g/mol. The average Bonchev–Trinajstić information content (AvgIpc) is 3.09. The zero-order chi connectivity index (χ0) is 16.2. The first-order valence-electron chi connectivity index (χ1n) is 6.68. The maximum atomic E-state index is 13.8. The maximum Gasteiger partial charge on any atom is 0.255 e. The van der Waals surface area contributed by atoms with E-state index in [1.807, 2.05) is 0 Å². The Balaban J connectivity index is 1.91. The number of hydrogen-bond acceptors (Lipinski definition) is 5. The van der Waals surface area contributed by atoms with Crippen LogP contribution in [0.2, 0.25) is 0 Å². The fourth-order valence-electron chi connectivity index (χ4n) is 2.08. The van der Waals surface area contributed by atoms with Crippen molar-refractivity contribution in [3.8, 4) is 17.0 Å². The number of halogens is 1. The second-order valence-electron chi connectivity index (χ2n) is 4.66. The van der Waals surface area contributed by atoms with Gasteiger partial charge >= 0.3 is 0 Å². The summed E-state index contributed by atoms with van der Waals surface area (Å²) in [7, 11) is 1.46. The van der Waals surface area contributed by atoms with Gasteiger partial charge in [-0.3, -0.25) is 4.79 Å². The predicted molar refractivity (Wildman–Crippen MR) is 86.3 cm³/mol. The highest BCUT2D eigenvalue weighted by atomic mass is 32.1. The molecule has 0 aliphatic carbocycles. The van der Waals surface area contributed by atoms with Crippen molar-refractivity contribution in [3.63, 3.8) is 0 Å². The predicted octanol–water partition coefficient (Wildman–Crippen LogP) is 3.61. The second kappa shape index (κ2) is 6.53. The standard InChI is InChI=1S/C16H12FN3O2S/c1-22-16-14(3-2-4-18-16)20-15(21)11-5-10(6-13(17)7-11)12-8-19-23-9-12/h2-9H,1H3,(H,20,21). The van der Waals surface area contributed by atoms with E-state index >= 15 is 0 Å². The van der Waals surface area contributed by atoms with Crippen LogP contribution < -0.4 is 10.1 Å². The van der Waals surface area contributed by atoms with Crippen molar-refractivity contribution < 1.29 is 13.9 Å². The maximum absolute atomic E-state index is 13.8. The largest absolute Gasteiger partial charge is 0.480 e. The molecule has 0 spiro atoms. The SMILES string of the molecule is COc1ncccc1NC(=O)c1cc(F)cc(-c2cnsc2)c1. The molecule has 7 heteroatoms. The molecule has 2 heterocycles. The molecule has 23 heavy (non-hydrogen) atoms. The first kappa shape index (κ1) is 15.1. The van der Waals surface area contributed by atoms with E-state index in [4.69, 9.17) is 4.74 Å². The van der Waals surface area contributed by atoms with E-state index < -0.39 is 11.7 Å². The monoisotopic (exact) mass is 329 g/mol. The van der Waals surface area contributed by atoms with Gasteiger partial charge in [0.15, 0.2) is 0 Å². The van der Waals surface area contributed by atoms with Gasteiger partial charge in [0.1, 0.15) is 11.5 Å². The highest BCUT2D eigenvalue weighted by Crippen LogP contribution is 2.25. The Morgan fingerprint density at radius 2 is 2.17 bits per heavy atom. The van der Waals surface area contributed by atoms with Crippen molar-refractivity contribution in [1.29, 1.82) is 0 Å². The summed E-state index contributed by atoms with van der Waals surface area (Å²) in [6, 6.07) is 7.50. The Morgan fingerprint density at radius 3 is 2.91 bits per heavy atom. The van der Waals surface area contributed by atoms with Crippen molar-refractivity contribution >= 4 is 23.1 Å². The summed E-state index contributed by atoms with van der Waals surface area (Å²) >= 11 is 1.26. The van der Waals surface area contributed by atoms with Crippen molar-refractivity contribution in [2.75, 3.05) is 12.4 Å². The van der Waals surface area contributed by atoms with Gasteiger partial charge in [0.05, 0.1) is 7.11 Å². The normalized spacial score (nSPS) is 10.3. The van der Waals surface area contributed by atoms with Crippen LogP contribution in [0.4, 0.5) is 10.1 Å². The number of aromatic nitrogens is 2. The van der Waals surface area contributed by atoms with Crippen molar-refractivity contribution in [2.45, 2.75) is 0 Å². The quantitative estimate of drug-likeness (QED) is 0.794. The van der Waals surface area contributed by atoms with Gasteiger partial charge in [-0.2, -0.15) is 0 Å². The van der Waals surface area contributed by atoms with Gasteiger partial charge in [-0.05, 0) is 47.4 Å². The van der Waals surface area contributed by atoms with Crippen LogP contribution in [0.1, 0.15) is 10.4 Å². The molecule has 116 valence electrons. The number of hydrogen-bond donors (Lipinski definition) is 1. The summed E-state index contributed by atoms with van der Waals surface area (Å²) in [6.45, 7) is 0. The first-order valence-corrected chi connectivity index (χ1v) is 7.52. The molecule has 1 amide bonds. The lowest BCUT2D eigenvalue weighted by Crippen LogP contribution is -2.13. The molecule has 0 saturated heterocycles. The Morgan fingerprint density at radius 1 is 1.30 bits per heavy atom. The molecule has 0 aliphatic heterocycles.